The molecule has 4 nitrogen and oxygen atoms in total. The predicted octanol–water partition coefficient (Wildman–Crippen LogP) is 1.78. The summed E-state index contributed by atoms with van der Waals surface area (Å²) < 4.78 is 2.26. The summed E-state index contributed by atoms with van der Waals surface area (Å²) in [5.74, 6) is 0. The molecule has 2 atom stereocenters. The van der Waals surface area contributed by atoms with Crippen LogP contribution in [-0.2, 0) is 6.54 Å². The third kappa shape index (κ3) is 2.38. The van der Waals surface area contributed by atoms with Gasteiger partial charge in [-0.15, -0.1) is 0 Å². The van der Waals surface area contributed by atoms with Gasteiger partial charge in [0.2, 0.25) is 0 Å². The van der Waals surface area contributed by atoms with Crippen LogP contribution in [0.5, 0.6) is 0 Å². The average Bonchev–Trinajstić information content (AvgIpc) is 2.85. The summed E-state index contributed by atoms with van der Waals surface area (Å²) >= 11 is 0. The van der Waals surface area contributed by atoms with Crippen molar-refractivity contribution in [3.05, 3.63) is 18.2 Å². The lowest BCUT2D eigenvalue weighted by molar-refractivity contribution is 0.191. The standard InChI is InChI=1S/C13H24N4/c1-4-6-16-9-15-8-12(16)13-11(14)5-7-17(13)10(2)3/h8-11,13H,4-7,14H2,1-3H3. The van der Waals surface area contributed by atoms with Crippen LogP contribution in [-0.4, -0.2) is 33.1 Å². The van der Waals surface area contributed by atoms with Crippen molar-refractivity contribution in [1.82, 2.24) is 14.5 Å². The maximum absolute atomic E-state index is 6.28. The Labute approximate surface area is 104 Å². The number of aromatic nitrogens is 2. The minimum Gasteiger partial charge on any atom is -0.333 e. The summed E-state index contributed by atoms with van der Waals surface area (Å²) in [6, 6.07) is 1.12. The van der Waals surface area contributed by atoms with E-state index in [1.807, 2.05) is 12.5 Å². The lowest BCUT2D eigenvalue weighted by Gasteiger charge is -2.30. The Morgan fingerprint density at radius 1 is 1.53 bits per heavy atom. The first-order chi connectivity index (χ1) is 8.15. The molecule has 2 rings (SSSR count). The van der Waals surface area contributed by atoms with Crippen LogP contribution in [0.1, 0.15) is 45.3 Å². The Balaban J connectivity index is 2.26. The van der Waals surface area contributed by atoms with E-state index in [-0.39, 0.29) is 6.04 Å². The number of nitrogens with two attached hydrogens (primary N) is 1. The lowest BCUT2D eigenvalue weighted by atomic mass is 10.1. The van der Waals surface area contributed by atoms with E-state index >= 15 is 0 Å². The van der Waals surface area contributed by atoms with Crippen molar-refractivity contribution in [1.29, 1.82) is 0 Å². The molecule has 0 spiro atoms. The molecule has 17 heavy (non-hydrogen) atoms. The zero-order valence-corrected chi connectivity index (χ0v) is 11.1. The van der Waals surface area contributed by atoms with Crippen LogP contribution >= 0.6 is 0 Å². The average molecular weight is 236 g/mol. The molecule has 1 aromatic heterocycles. The molecule has 1 fully saturated rings. The molecular weight excluding hydrogens is 212 g/mol. The van der Waals surface area contributed by atoms with Gasteiger partial charge in [-0.2, -0.15) is 0 Å². The smallest absolute Gasteiger partial charge is 0.0948 e. The molecule has 0 aromatic carbocycles. The minimum absolute atomic E-state index is 0.240. The van der Waals surface area contributed by atoms with Gasteiger partial charge in [-0.1, -0.05) is 6.92 Å². The Hall–Kier alpha value is -0.870. The number of rotatable bonds is 4. The monoisotopic (exact) mass is 236 g/mol. The summed E-state index contributed by atoms with van der Waals surface area (Å²) in [5, 5.41) is 0. The molecule has 0 aliphatic carbocycles. The van der Waals surface area contributed by atoms with Gasteiger partial charge in [0.15, 0.2) is 0 Å². The van der Waals surface area contributed by atoms with Gasteiger partial charge >= 0.3 is 0 Å². The second-order valence-corrected chi connectivity index (χ2v) is 5.24. The van der Waals surface area contributed by atoms with Gasteiger partial charge in [0.25, 0.3) is 0 Å². The second-order valence-electron chi connectivity index (χ2n) is 5.24. The SMILES string of the molecule is CCCn1cncc1C1C(N)CCN1C(C)C. The van der Waals surface area contributed by atoms with Crippen LogP contribution in [0.3, 0.4) is 0 Å². The molecule has 1 aromatic rings. The topological polar surface area (TPSA) is 47.1 Å². The number of nitrogens with zero attached hydrogens (tertiary/aromatic N) is 3. The van der Waals surface area contributed by atoms with E-state index in [4.69, 9.17) is 5.73 Å². The molecule has 2 heterocycles. The lowest BCUT2D eigenvalue weighted by Crippen LogP contribution is -2.37. The highest BCUT2D eigenvalue weighted by atomic mass is 15.2. The van der Waals surface area contributed by atoms with Crippen LogP contribution in [0, 0.1) is 0 Å². The van der Waals surface area contributed by atoms with E-state index in [2.05, 4.69) is 35.2 Å². The molecular formula is C13H24N4. The fourth-order valence-corrected chi connectivity index (χ4v) is 2.81. The van der Waals surface area contributed by atoms with Crippen LogP contribution in [0.15, 0.2) is 12.5 Å². The number of likely N-dealkylation sites (tertiary alicyclic amines) is 1. The minimum atomic E-state index is 0.240. The fraction of sp³-hybridized carbons (Fsp3) is 0.769. The number of aryl methyl sites for hydroxylation is 1. The quantitative estimate of drug-likeness (QED) is 0.866. The molecule has 0 bridgehead atoms. The third-order valence-corrected chi connectivity index (χ3v) is 3.66. The van der Waals surface area contributed by atoms with Gasteiger partial charge < -0.3 is 10.3 Å². The summed E-state index contributed by atoms with van der Waals surface area (Å²) in [6.07, 6.45) is 6.14. The zero-order valence-electron chi connectivity index (χ0n) is 11.1. The van der Waals surface area contributed by atoms with E-state index < -0.39 is 0 Å². The molecule has 0 amide bonds. The van der Waals surface area contributed by atoms with E-state index in [0.717, 1.165) is 25.9 Å². The first-order valence-corrected chi connectivity index (χ1v) is 6.66. The maximum atomic E-state index is 6.28. The number of hydrogen-bond acceptors (Lipinski definition) is 3. The van der Waals surface area contributed by atoms with Crippen molar-refractivity contribution in [3.8, 4) is 0 Å². The van der Waals surface area contributed by atoms with E-state index in [1.165, 1.54) is 5.69 Å². The highest BCUT2D eigenvalue weighted by Crippen LogP contribution is 2.32. The van der Waals surface area contributed by atoms with Crippen molar-refractivity contribution in [2.75, 3.05) is 6.54 Å². The summed E-state index contributed by atoms with van der Waals surface area (Å²) in [6.45, 7) is 8.81. The molecule has 0 saturated carbocycles. The Bertz CT molecular complexity index is 358. The fourth-order valence-electron chi connectivity index (χ4n) is 2.81. The molecule has 4 heteroatoms. The first kappa shape index (κ1) is 12.6. The van der Waals surface area contributed by atoms with Gasteiger partial charge in [-0.05, 0) is 26.7 Å². The summed E-state index contributed by atoms with van der Waals surface area (Å²) in [7, 11) is 0. The molecule has 96 valence electrons. The largest absolute Gasteiger partial charge is 0.333 e. The van der Waals surface area contributed by atoms with E-state index in [0.29, 0.717) is 12.1 Å². The normalized spacial score (nSPS) is 25.9. The summed E-state index contributed by atoms with van der Waals surface area (Å²) in [5.41, 5.74) is 7.56. The molecule has 0 radical (unpaired) electrons. The first-order valence-electron chi connectivity index (χ1n) is 6.66. The molecule has 1 saturated heterocycles. The van der Waals surface area contributed by atoms with Gasteiger partial charge in [0, 0.05) is 31.4 Å². The molecule has 1 aliphatic rings. The van der Waals surface area contributed by atoms with Crippen LogP contribution < -0.4 is 5.73 Å². The third-order valence-electron chi connectivity index (χ3n) is 3.66. The van der Waals surface area contributed by atoms with Crippen molar-refractivity contribution in [2.24, 2.45) is 5.73 Å². The highest BCUT2D eigenvalue weighted by Gasteiger charge is 2.36. The van der Waals surface area contributed by atoms with Crippen molar-refractivity contribution in [2.45, 2.75) is 58.3 Å². The molecule has 2 unspecified atom stereocenters. The van der Waals surface area contributed by atoms with E-state index in [9.17, 15) is 0 Å². The Kier molecular flexibility index (Phi) is 3.84. The number of hydrogen-bond donors (Lipinski definition) is 1. The molecule has 2 N–H and O–H groups in total. The van der Waals surface area contributed by atoms with Gasteiger partial charge in [-0.25, -0.2) is 4.98 Å². The highest BCUT2D eigenvalue weighted by molar-refractivity contribution is 5.12. The maximum Gasteiger partial charge on any atom is 0.0948 e. The van der Waals surface area contributed by atoms with Gasteiger partial charge in [0.1, 0.15) is 0 Å². The molecule has 1 aliphatic heterocycles. The van der Waals surface area contributed by atoms with Crippen molar-refractivity contribution < 1.29 is 0 Å². The second kappa shape index (κ2) is 5.19. The van der Waals surface area contributed by atoms with E-state index in [1.54, 1.807) is 0 Å². The van der Waals surface area contributed by atoms with Gasteiger partial charge in [-0.3, -0.25) is 4.90 Å². The predicted molar refractivity (Wildman–Crippen MR) is 69.7 cm³/mol. The van der Waals surface area contributed by atoms with Crippen molar-refractivity contribution in [3.63, 3.8) is 0 Å². The van der Waals surface area contributed by atoms with Crippen LogP contribution in [0.4, 0.5) is 0 Å². The van der Waals surface area contributed by atoms with Gasteiger partial charge in [0.05, 0.1) is 18.1 Å². The zero-order chi connectivity index (χ0) is 12.4. The van der Waals surface area contributed by atoms with Crippen molar-refractivity contribution >= 4 is 0 Å². The Morgan fingerprint density at radius 2 is 2.29 bits per heavy atom. The number of imidazole rings is 1. The van der Waals surface area contributed by atoms with Crippen LogP contribution in [0.25, 0.3) is 0 Å². The Morgan fingerprint density at radius 3 is 2.94 bits per heavy atom. The summed E-state index contributed by atoms with van der Waals surface area (Å²) in [4.78, 5) is 6.79. The van der Waals surface area contributed by atoms with Crippen LogP contribution in [0.2, 0.25) is 0 Å².